The first kappa shape index (κ1) is 17.3. The van der Waals surface area contributed by atoms with Crippen LogP contribution < -0.4 is 4.72 Å². The molecule has 23 heavy (non-hydrogen) atoms. The number of rotatable bonds is 6. The summed E-state index contributed by atoms with van der Waals surface area (Å²) in [6.45, 7) is 1.67. The van der Waals surface area contributed by atoms with Crippen molar-refractivity contribution < 1.29 is 13.2 Å². The van der Waals surface area contributed by atoms with Crippen LogP contribution in [0.25, 0.3) is 6.08 Å². The summed E-state index contributed by atoms with van der Waals surface area (Å²) >= 11 is 1.31. The van der Waals surface area contributed by atoms with Gasteiger partial charge in [-0.3, -0.25) is 4.79 Å². The fraction of sp³-hybridized carbons (Fsp3) is 0.118. The molecule has 0 aliphatic carbocycles. The van der Waals surface area contributed by atoms with Crippen LogP contribution in [0.5, 0.6) is 0 Å². The highest BCUT2D eigenvalue weighted by molar-refractivity contribution is 8.00. The Morgan fingerprint density at radius 2 is 1.61 bits per heavy atom. The Hall–Kier alpha value is -2.05. The van der Waals surface area contributed by atoms with Crippen molar-refractivity contribution >= 4 is 33.8 Å². The lowest BCUT2D eigenvalue weighted by Gasteiger charge is -2.10. The lowest BCUT2D eigenvalue weighted by Crippen LogP contribution is -2.34. The second-order valence-corrected chi connectivity index (χ2v) is 7.78. The minimum absolute atomic E-state index is 0.516. The second-order valence-electron chi connectivity index (χ2n) is 4.80. The van der Waals surface area contributed by atoms with E-state index in [0.717, 1.165) is 15.9 Å². The molecular formula is C17H17NO3S2. The molecule has 1 amide bonds. The number of thioether (sulfide) groups is 1. The third-order valence-corrected chi connectivity index (χ3v) is 5.00. The first-order valence-corrected chi connectivity index (χ1v) is 9.40. The molecule has 2 aromatic rings. The molecule has 0 fully saturated rings. The van der Waals surface area contributed by atoms with Crippen molar-refractivity contribution in [2.75, 3.05) is 0 Å². The number of amides is 1. The zero-order chi connectivity index (χ0) is 16.7. The highest BCUT2D eigenvalue weighted by Crippen LogP contribution is 2.22. The Bertz CT molecular complexity index is 772. The number of sulfonamides is 1. The molecule has 0 bridgehead atoms. The quantitative estimate of drug-likeness (QED) is 0.815. The SMILES string of the molecule is CC(Sc1ccccc1)C(=O)NS(=O)(=O)/C=C/c1ccccc1. The van der Waals surface area contributed by atoms with Gasteiger partial charge in [0.1, 0.15) is 0 Å². The average Bonchev–Trinajstić information content (AvgIpc) is 2.54. The molecule has 0 aromatic heterocycles. The highest BCUT2D eigenvalue weighted by Gasteiger charge is 2.18. The Balaban J connectivity index is 1.96. The summed E-state index contributed by atoms with van der Waals surface area (Å²) in [6, 6.07) is 18.4. The van der Waals surface area contributed by atoms with E-state index >= 15 is 0 Å². The van der Waals surface area contributed by atoms with Gasteiger partial charge in [-0.15, -0.1) is 11.8 Å². The Labute approximate surface area is 140 Å². The van der Waals surface area contributed by atoms with Crippen molar-refractivity contribution in [1.82, 2.24) is 4.72 Å². The standard InChI is InChI=1S/C17H17NO3S2/c1-14(22-16-10-6-3-7-11-16)17(19)18-23(20,21)13-12-15-8-4-2-5-9-15/h2-14H,1H3,(H,18,19)/b13-12+. The van der Waals surface area contributed by atoms with Crippen LogP contribution in [0.15, 0.2) is 71.0 Å². The molecule has 0 saturated carbocycles. The Morgan fingerprint density at radius 1 is 1.04 bits per heavy atom. The van der Waals surface area contributed by atoms with Crippen molar-refractivity contribution in [1.29, 1.82) is 0 Å². The van der Waals surface area contributed by atoms with Gasteiger partial charge in [0.2, 0.25) is 5.91 Å². The summed E-state index contributed by atoms with van der Waals surface area (Å²) < 4.78 is 26.0. The van der Waals surface area contributed by atoms with Crippen LogP contribution in [0.4, 0.5) is 0 Å². The lowest BCUT2D eigenvalue weighted by atomic mass is 10.2. The van der Waals surface area contributed by atoms with Crippen molar-refractivity contribution in [3.05, 3.63) is 71.6 Å². The van der Waals surface area contributed by atoms with Gasteiger partial charge in [0.25, 0.3) is 10.0 Å². The van der Waals surface area contributed by atoms with Gasteiger partial charge in [-0.25, -0.2) is 13.1 Å². The van der Waals surface area contributed by atoms with E-state index in [2.05, 4.69) is 4.72 Å². The van der Waals surface area contributed by atoms with Crippen LogP contribution in [0.1, 0.15) is 12.5 Å². The molecule has 4 nitrogen and oxygen atoms in total. The van der Waals surface area contributed by atoms with Crippen LogP contribution in [0, 0.1) is 0 Å². The van der Waals surface area contributed by atoms with E-state index in [-0.39, 0.29) is 0 Å². The molecule has 1 atom stereocenters. The maximum absolute atomic E-state index is 12.0. The van der Waals surface area contributed by atoms with Crippen LogP contribution in [-0.4, -0.2) is 19.6 Å². The molecule has 1 N–H and O–H groups in total. The molecule has 0 heterocycles. The van der Waals surface area contributed by atoms with Crippen LogP contribution in [0.2, 0.25) is 0 Å². The van der Waals surface area contributed by atoms with E-state index in [1.807, 2.05) is 48.5 Å². The highest BCUT2D eigenvalue weighted by atomic mass is 32.2. The van der Waals surface area contributed by atoms with Gasteiger partial charge >= 0.3 is 0 Å². The van der Waals surface area contributed by atoms with Crippen molar-refractivity contribution in [2.45, 2.75) is 17.1 Å². The molecule has 1 unspecified atom stereocenters. The molecule has 0 aliphatic rings. The van der Waals surface area contributed by atoms with Gasteiger partial charge in [0.05, 0.1) is 10.7 Å². The fourth-order valence-electron chi connectivity index (χ4n) is 1.75. The zero-order valence-corrected chi connectivity index (χ0v) is 14.2. The van der Waals surface area contributed by atoms with Crippen molar-refractivity contribution in [3.63, 3.8) is 0 Å². The molecule has 0 spiro atoms. The van der Waals surface area contributed by atoms with E-state index in [9.17, 15) is 13.2 Å². The summed E-state index contributed by atoms with van der Waals surface area (Å²) in [4.78, 5) is 12.9. The van der Waals surface area contributed by atoms with Gasteiger partial charge in [-0.2, -0.15) is 0 Å². The summed E-state index contributed by atoms with van der Waals surface area (Å²) in [5.74, 6) is -0.545. The van der Waals surface area contributed by atoms with E-state index < -0.39 is 21.2 Å². The number of nitrogens with one attached hydrogen (secondary N) is 1. The summed E-state index contributed by atoms with van der Waals surface area (Å²) in [5, 5.41) is 0.484. The van der Waals surface area contributed by atoms with Gasteiger partial charge in [-0.1, -0.05) is 48.5 Å². The molecule has 2 rings (SSSR count). The van der Waals surface area contributed by atoms with Crippen LogP contribution in [0.3, 0.4) is 0 Å². The van der Waals surface area contributed by atoms with E-state index in [4.69, 9.17) is 0 Å². The van der Waals surface area contributed by atoms with E-state index in [1.165, 1.54) is 17.8 Å². The van der Waals surface area contributed by atoms with Crippen molar-refractivity contribution in [2.24, 2.45) is 0 Å². The summed E-state index contributed by atoms with van der Waals surface area (Å²) in [6.07, 6.45) is 1.45. The maximum atomic E-state index is 12.0. The molecule has 0 radical (unpaired) electrons. The maximum Gasteiger partial charge on any atom is 0.257 e. The number of hydrogen-bond donors (Lipinski definition) is 1. The number of benzene rings is 2. The zero-order valence-electron chi connectivity index (χ0n) is 12.5. The predicted octanol–water partition coefficient (Wildman–Crippen LogP) is 3.28. The third-order valence-electron chi connectivity index (χ3n) is 2.91. The minimum atomic E-state index is -3.81. The predicted molar refractivity (Wildman–Crippen MR) is 94.3 cm³/mol. The Morgan fingerprint density at radius 3 is 2.22 bits per heavy atom. The van der Waals surface area contributed by atoms with Gasteiger partial charge < -0.3 is 0 Å². The first-order valence-electron chi connectivity index (χ1n) is 6.98. The molecule has 6 heteroatoms. The van der Waals surface area contributed by atoms with Gasteiger partial charge in [-0.05, 0) is 30.7 Å². The number of carbonyl (C=O) groups is 1. The molecular weight excluding hydrogens is 330 g/mol. The van der Waals surface area contributed by atoms with Crippen LogP contribution >= 0.6 is 11.8 Å². The second kappa shape index (κ2) is 7.99. The molecule has 0 saturated heterocycles. The summed E-state index contributed by atoms with van der Waals surface area (Å²) in [7, 11) is -3.81. The van der Waals surface area contributed by atoms with E-state index in [1.54, 1.807) is 19.1 Å². The topological polar surface area (TPSA) is 63.2 Å². The van der Waals surface area contributed by atoms with Crippen molar-refractivity contribution in [3.8, 4) is 0 Å². The molecule has 0 aliphatic heterocycles. The normalized spacial score (nSPS) is 12.9. The van der Waals surface area contributed by atoms with Gasteiger partial charge in [0.15, 0.2) is 0 Å². The largest absolute Gasteiger partial charge is 0.273 e. The smallest absolute Gasteiger partial charge is 0.257 e. The van der Waals surface area contributed by atoms with E-state index in [0.29, 0.717) is 0 Å². The minimum Gasteiger partial charge on any atom is -0.273 e. The Kier molecular flexibility index (Phi) is 6.01. The lowest BCUT2D eigenvalue weighted by molar-refractivity contribution is -0.118. The van der Waals surface area contributed by atoms with Crippen LogP contribution in [-0.2, 0) is 14.8 Å². The first-order chi connectivity index (χ1) is 11.0. The average molecular weight is 347 g/mol. The third kappa shape index (κ3) is 5.92. The van der Waals surface area contributed by atoms with Gasteiger partial charge in [0, 0.05) is 4.90 Å². The molecule has 2 aromatic carbocycles. The summed E-state index contributed by atoms with van der Waals surface area (Å²) in [5.41, 5.74) is 0.747. The fourth-order valence-corrected chi connectivity index (χ4v) is 3.57. The number of hydrogen-bond acceptors (Lipinski definition) is 4. The molecule has 120 valence electrons. The number of carbonyl (C=O) groups excluding carboxylic acids is 1. The monoisotopic (exact) mass is 347 g/mol.